The van der Waals surface area contributed by atoms with Gasteiger partial charge in [0, 0.05) is 0 Å². The Hall–Kier alpha value is -2.91. The van der Waals surface area contributed by atoms with Crippen molar-refractivity contribution in [2.75, 3.05) is 7.11 Å². The van der Waals surface area contributed by atoms with Gasteiger partial charge in [0.05, 0.1) is 30.0 Å². The standard InChI is InChI=1S/C18H15ClN6O2S/c1-26-13-8-6-12(7-9-13)10-25-18(22-23-24-25)28-11-16-20-21-17(27-16)14-4-2-3-5-15(14)19/h2-9H,10-11H2,1H3. The third-order valence-corrected chi connectivity index (χ3v) is 5.16. The molecule has 0 aliphatic carbocycles. The number of hydrogen-bond acceptors (Lipinski definition) is 8. The molecule has 142 valence electrons. The molecule has 2 aromatic heterocycles. The first-order valence-corrected chi connectivity index (χ1v) is 9.68. The van der Waals surface area contributed by atoms with Crippen LogP contribution in [-0.2, 0) is 12.3 Å². The Balaban J connectivity index is 1.42. The lowest BCUT2D eigenvalue weighted by molar-refractivity contribution is 0.414. The number of nitrogens with zero attached hydrogens (tertiary/aromatic N) is 6. The molecule has 0 spiro atoms. The van der Waals surface area contributed by atoms with Crippen molar-refractivity contribution in [2.45, 2.75) is 17.5 Å². The van der Waals surface area contributed by atoms with Crippen LogP contribution in [0.15, 0.2) is 58.1 Å². The summed E-state index contributed by atoms with van der Waals surface area (Å²) >= 11 is 7.59. The van der Waals surface area contributed by atoms with E-state index in [1.54, 1.807) is 17.9 Å². The van der Waals surface area contributed by atoms with Crippen molar-refractivity contribution >= 4 is 23.4 Å². The second-order valence-electron chi connectivity index (χ2n) is 5.74. The van der Waals surface area contributed by atoms with Crippen LogP contribution in [0.25, 0.3) is 11.5 Å². The van der Waals surface area contributed by atoms with E-state index in [9.17, 15) is 0 Å². The van der Waals surface area contributed by atoms with Gasteiger partial charge < -0.3 is 9.15 Å². The third kappa shape index (κ3) is 4.15. The van der Waals surface area contributed by atoms with E-state index in [-0.39, 0.29) is 0 Å². The Bertz CT molecular complexity index is 1070. The summed E-state index contributed by atoms with van der Waals surface area (Å²) in [5, 5.41) is 21.3. The fourth-order valence-corrected chi connectivity index (χ4v) is 3.41. The van der Waals surface area contributed by atoms with E-state index < -0.39 is 0 Å². The smallest absolute Gasteiger partial charge is 0.249 e. The molecule has 0 saturated carbocycles. The maximum atomic E-state index is 6.17. The lowest BCUT2D eigenvalue weighted by Crippen LogP contribution is -2.04. The number of aromatic nitrogens is 6. The van der Waals surface area contributed by atoms with E-state index in [0.29, 0.717) is 39.8 Å². The zero-order valence-corrected chi connectivity index (χ0v) is 16.4. The van der Waals surface area contributed by atoms with E-state index in [0.717, 1.165) is 11.3 Å². The van der Waals surface area contributed by atoms with E-state index in [1.807, 2.05) is 42.5 Å². The average molecular weight is 415 g/mol. The van der Waals surface area contributed by atoms with Crippen molar-refractivity contribution in [3.63, 3.8) is 0 Å². The molecule has 0 unspecified atom stereocenters. The van der Waals surface area contributed by atoms with Crippen LogP contribution >= 0.6 is 23.4 Å². The molecule has 0 N–H and O–H groups in total. The van der Waals surface area contributed by atoms with Crippen LogP contribution in [0.5, 0.6) is 5.75 Å². The molecule has 2 heterocycles. The van der Waals surface area contributed by atoms with Crippen LogP contribution in [0.4, 0.5) is 0 Å². The summed E-state index contributed by atoms with van der Waals surface area (Å²) in [5.41, 5.74) is 1.77. The minimum absolute atomic E-state index is 0.388. The molecule has 0 radical (unpaired) electrons. The van der Waals surface area contributed by atoms with E-state index in [1.165, 1.54) is 11.8 Å². The first kappa shape index (κ1) is 18.5. The summed E-state index contributed by atoms with van der Waals surface area (Å²) in [6.07, 6.45) is 0. The Labute approximate surface area is 169 Å². The monoisotopic (exact) mass is 414 g/mol. The van der Waals surface area contributed by atoms with E-state index in [4.69, 9.17) is 20.8 Å². The van der Waals surface area contributed by atoms with E-state index >= 15 is 0 Å². The first-order chi connectivity index (χ1) is 13.7. The zero-order chi connectivity index (χ0) is 19.3. The van der Waals surface area contributed by atoms with Crippen molar-refractivity contribution < 1.29 is 9.15 Å². The van der Waals surface area contributed by atoms with Gasteiger partial charge in [-0.15, -0.1) is 15.3 Å². The van der Waals surface area contributed by atoms with Gasteiger partial charge in [-0.05, 0) is 40.3 Å². The summed E-state index contributed by atoms with van der Waals surface area (Å²) < 4.78 is 12.6. The topological polar surface area (TPSA) is 91.8 Å². The molecular formula is C18H15ClN6O2S. The lowest BCUT2D eigenvalue weighted by atomic mass is 10.2. The maximum Gasteiger partial charge on any atom is 0.249 e. The third-order valence-electron chi connectivity index (χ3n) is 3.89. The quantitative estimate of drug-likeness (QED) is 0.422. The summed E-state index contributed by atoms with van der Waals surface area (Å²) in [7, 11) is 1.64. The Morgan fingerprint density at radius 1 is 1.07 bits per heavy atom. The van der Waals surface area contributed by atoms with Crippen molar-refractivity contribution in [3.05, 3.63) is 65.0 Å². The first-order valence-electron chi connectivity index (χ1n) is 8.32. The molecule has 10 heteroatoms. The Morgan fingerprint density at radius 3 is 2.68 bits per heavy atom. The van der Waals surface area contributed by atoms with Gasteiger partial charge in [-0.2, -0.15) is 0 Å². The van der Waals surface area contributed by atoms with Gasteiger partial charge >= 0.3 is 0 Å². The summed E-state index contributed by atoms with van der Waals surface area (Å²) in [4.78, 5) is 0. The van der Waals surface area contributed by atoms with Crippen LogP contribution in [-0.4, -0.2) is 37.5 Å². The molecule has 8 nitrogen and oxygen atoms in total. The highest BCUT2D eigenvalue weighted by Gasteiger charge is 2.14. The second-order valence-corrected chi connectivity index (χ2v) is 7.09. The second kappa shape index (κ2) is 8.41. The van der Waals surface area contributed by atoms with Crippen LogP contribution in [0, 0.1) is 0 Å². The molecule has 4 aromatic rings. The van der Waals surface area contributed by atoms with Crippen LogP contribution in [0.1, 0.15) is 11.5 Å². The molecule has 0 amide bonds. The van der Waals surface area contributed by atoms with Crippen molar-refractivity contribution in [1.82, 2.24) is 30.4 Å². The molecule has 0 saturated heterocycles. The molecule has 0 bridgehead atoms. The highest BCUT2D eigenvalue weighted by molar-refractivity contribution is 7.98. The highest BCUT2D eigenvalue weighted by Crippen LogP contribution is 2.28. The van der Waals surface area contributed by atoms with Gasteiger partial charge in [0.1, 0.15) is 5.75 Å². The number of rotatable bonds is 7. The lowest BCUT2D eigenvalue weighted by Gasteiger charge is -2.05. The molecule has 4 rings (SSSR count). The minimum atomic E-state index is 0.388. The Morgan fingerprint density at radius 2 is 1.89 bits per heavy atom. The van der Waals surface area contributed by atoms with Crippen molar-refractivity contribution in [1.29, 1.82) is 0 Å². The van der Waals surface area contributed by atoms with Crippen LogP contribution in [0.3, 0.4) is 0 Å². The predicted octanol–water partition coefficient (Wildman–Crippen LogP) is 3.73. The number of tetrazole rings is 1. The minimum Gasteiger partial charge on any atom is -0.497 e. The number of thioether (sulfide) groups is 1. The fourth-order valence-electron chi connectivity index (χ4n) is 2.48. The van der Waals surface area contributed by atoms with Gasteiger partial charge in [-0.3, -0.25) is 0 Å². The molecular weight excluding hydrogens is 400 g/mol. The summed E-state index contributed by atoms with van der Waals surface area (Å²) in [6.45, 7) is 0.550. The predicted molar refractivity (Wildman–Crippen MR) is 104 cm³/mol. The molecule has 2 aromatic carbocycles. The van der Waals surface area contributed by atoms with E-state index in [2.05, 4.69) is 25.7 Å². The number of halogens is 1. The van der Waals surface area contributed by atoms with Gasteiger partial charge in [0.25, 0.3) is 0 Å². The zero-order valence-electron chi connectivity index (χ0n) is 14.8. The summed E-state index contributed by atoms with van der Waals surface area (Å²) in [6, 6.07) is 15.1. The van der Waals surface area contributed by atoms with Crippen LogP contribution < -0.4 is 4.74 Å². The normalized spacial score (nSPS) is 10.9. The van der Waals surface area contributed by atoms with Gasteiger partial charge in [-0.1, -0.05) is 47.6 Å². The maximum absolute atomic E-state index is 6.17. The molecule has 0 atom stereocenters. The molecule has 0 aliphatic rings. The number of ether oxygens (including phenoxy) is 1. The number of hydrogen-bond donors (Lipinski definition) is 0. The largest absolute Gasteiger partial charge is 0.497 e. The van der Waals surface area contributed by atoms with Crippen molar-refractivity contribution in [3.8, 4) is 17.2 Å². The Kier molecular flexibility index (Phi) is 5.54. The SMILES string of the molecule is COc1ccc(Cn2nnnc2SCc2nnc(-c3ccccc3Cl)o2)cc1. The highest BCUT2D eigenvalue weighted by atomic mass is 35.5. The molecule has 28 heavy (non-hydrogen) atoms. The van der Waals surface area contributed by atoms with Gasteiger partial charge in [0.2, 0.25) is 16.9 Å². The summed E-state index contributed by atoms with van der Waals surface area (Å²) in [5.74, 6) is 2.11. The number of methoxy groups -OCH3 is 1. The molecule has 0 fully saturated rings. The van der Waals surface area contributed by atoms with Gasteiger partial charge in [-0.25, -0.2) is 4.68 Å². The van der Waals surface area contributed by atoms with Crippen molar-refractivity contribution in [2.24, 2.45) is 0 Å². The number of benzene rings is 2. The van der Waals surface area contributed by atoms with Gasteiger partial charge in [0.15, 0.2) is 0 Å². The fraction of sp³-hybridized carbons (Fsp3) is 0.167. The average Bonchev–Trinajstić information content (AvgIpc) is 3.37. The molecule has 0 aliphatic heterocycles. The van der Waals surface area contributed by atoms with Crippen LogP contribution in [0.2, 0.25) is 5.02 Å².